The number of carbonyl (C=O) groups excluding carboxylic acids is 1. The summed E-state index contributed by atoms with van der Waals surface area (Å²) in [5.74, 6) is -0.285. The lowest BCUT2D eigenvalue weighted by Crippen LogP contribution is -2.60. The Morgan fingerprint density at radius 1 is 1.19 bits per heavy atom. The Bertz CT molecular complexity index is 952. The fourth-order valence-electron chi connectivity index (χ4n) is 7.74. The van der Waals surface area contributed by atoms with Crippen molar-refractivity contribution in [3.8, 4) is 0 Å². The lowest BCUT2D eigenvalue weighted by atomic mass is 9.51. The molecule has 206 valence electrons. The molecule has 1 spiro atoms. The lowest BCUT2D eigenvalue weighted by molar-refractivity contribution is -0.180. The summed E-state index contributed by atoms with van der Waals surface area (Å²) in [4.78, 5) is 11.8. The minimum Gasteiger partial charge on any atom is -0.396 e. The Morgan fingerprint density at radius 3 is 2.59 bits per heavy atom. The maximum absolute atomic E-state index is 12.2. The van der Waals surface area contributed by atoms with Gasteiger partial charge in [0.25, 0.3) is 0 Å². The van der Waals surface area contributed by atoms with Gasteiger partial charge in [-0.2, -0.15) is 0 Å². The Morgan fingerprint density at radius 2 is 1.95 bits per heavy atom. The number of hydrogen-bond donors (Lipinski definition) is 4. The summed E-state index contributed by atoms with van der Waals surface area (Å²) in [7, 11) is 0. The van der Waals surface area contributed by atoms with E-state index < -0.39 is 17.1 Å². The first-order valence-electron chi connectivity index (χ1n) is 14.1. The Hall–Kier alpha value is -1.79. The van der Waals surface area contributed by atoms with Gasteiger partial charge in [-0.15, -0.1) is 0 Å². The van der Waals surface area contributed by atoms with Crippen molar-refractivity contribution in [2.75, 3.05) is 13.2 Å². The second-order valence-electron chi connectivity index (χ2n) is 11.9. The highest BCUT2D eigenvalue weighted by Gasteiger charge is 2.68. The molecule has 0 heterocycles. The predicted octanol–water partition coefficient (Wildman–Crippen LogP) is 5.36. The normalized spacial score (nSPS) is 35.2. The van der Waals surface area contributed by atoms with Crippen molar-refractivity contribution in [3.05, 3.63) is 58.7 Å². The molecule has 2 bridgehead atoms. The molecule has 3 rings (SSSR count). The van der Waals surface area contributed by atoms with Crippen LogP contribution in [-0.2, 0) is 4.79 Å². The fourth-order valence-corrected chi connectivity index (χ4v) is 7.74. The van der Waals surface area contributed by atoms with Crippen LogP contribution in [0.3, 0.4) is 0 Å². The summed E-state index contributed by atoms with van der Waals surface area (Å²) < 4.78 is 0. The van der Waals surface area contributed by atoms with E-state index >= 15 is 0 Å². The number of fused-ring (bicyclic) bond motifs is 1. The van der Waals surface area contributed by atoms with Gasteiger partial charge in [-0.25, -0.2) is 0 Å². The van der Waals surface area contributed by atoms with Crippen LogP contribution in [0.1, 0.15) is 85.0 Å². The first-order valence-corrected chi connectivity index (χ1v) is 14.1. The average Bonchev–Trinajstić information content (AvgIpc) is 3.04. The van der Waals surface area contributed by atoms with Crippen LogP contribution < -0.4 is 0 Å². The third-order valence-corrected chi connectivity index (χ3v) is 9.46. The van der Waals surface area contributed by atoms with Crippen LogP contribution in [0, 0.1) is 23.2 Å². The number of aldehydes is 1. The third kappa shape index (κ3) is 5.95. The van der Waals surface area contributed by atoms with Gasteiger partial charge in [0.15, 0.2) is 0 Å². The van der Waals surface area contributed by atoms with Crippen molar-refractivity contribution in [2.24, 2.45) is 23.2 Å². The SMILES string of the molecule is C=C(/C=C/C=C(/CO)[C@H]1[C@@H]2CCC[C@@]3(O)CC/C(=C(/C)C=O)[C@@H](CCCO)[C@]3(C2)[C@@H]1O)CCC=C(C)C. The monoisotopic (exact) mass is 512 g/mol. The molecule has 3 aliphatic rings. The Kier molecular flexibility index (Phi) is 10.3. The van der Waals surface area contributed by atoms with Gasteiger partial charge in [0.1, 0.15) is 6.29 Å². The van der Waals surface area contributed by atoms with Crippen molar-refractivity contribution in [2.45, 2.75) is 96.7 Å². The molecular weight excluding hydrogens is 464 g/mol. The fraction of sp³-hybridized carbons (Fsp3) is 0.656. The van der Waals surface area contributed by atoms with Crippen LogP contribution in [0.25, 0.3) is 0 Å². The molecule has 5 heteroatoms. The molecule has 3 fully saturated rings. The molecule has 0 amide bonds. The summed E-state index contributed by atoms with van der Waals surface area (Å²) in [5.41, 5.74) is 2.97. The van der Waals surface area contributed by atoms with Gasteiger partial charge >= 0.3 is 0 Å². The van der Waals surface area contributed by atoms with E-state index in [1.54, 1.807) is 0 Å². The summed E-state index contributed by atoms with van der Waals surface area (Å²) in [6, 6.07) is 0. The van der Waals surface area contributed by atoms with Gasteiger partial charge in [-0.3, -0.25) is 4.79 Å². The minimum absolute atomic E-state index is 0.0332. The smallest absolute Gasteiger partial charge is 0.145 e. The molecule has 4 N–H and O–H groups in total. The summed E-state index contributed by atoms with van der Waals surface area (Å²) in [6.45, 7) is 10.0. The van der Waals surface area contributed by atoms with Crippen LogP contribution in [0.15, 0.2) is 58.7 Å². The summed E-state index contributed by atoms with van der Waals surface area (Å²) >= 11 is 0. The highest BCUT2D eigenvalue weighted by Crippen LogP contribution is 2.67. The molecular formula is C32H48O5. The van der Waals surface area contributed by atoms with E-state index in [4.69, 9.17) is 0 Å². The van der Waals surface area contributed by atoms with E-state index in [9.17, 15) is 25.2 Å². The van der Waals surface area contributed by atoms with Crippen LogP contribution in [0.4, 0.5) is 0 Å². The van der Waals surface area contributed by atoms with Gasteiger partial charge < -0.3 is 20.4 Å². The van der Waals surface area contributed by atoms with Gasteiger partial charge in [0.05, 0.1) is 18.3 Å². The molecule has 3 saturated carbocycles. The third-order valence-electron chi connectivity index (χ3n) is 9.46. The molecule has 0 aromatic heterocycles. The number of allylic oxidation sites excluding steroid dienone is 8. The number of hydrogen-bond acceptors (Lipinski definition) is 5. The molecule has 0 unspecified atom stereocenters. The van der Waals surface area contributed by atoms with Crippen LogP contribution >= 0.6 is 0 Å². The largest absolute Gasteiger partial charge is 0.396 e. The van der Waals surface area contributed by atoms with E-state index in [2.05, 4.69) is 26.5 Å². The number of carbonyl (C=O) groups is 1. The maximum atomic E-state index is 12.2. The molecule has 5 nitrogen and oxygen atoms in total. The summed E-state index contributed by atoms with van der Waals surface area (Å²) in [6.07, 6.45) is 15.3. The molecule has 0 aromatic carbocycles. The molecule has 37 heavy (non-hydrogen) atoms. The van der Waals surface area contributed by atoms with Crippen LogP contribution in [0.5, 0.6) is 0 Å². The second-order valence-corrected chi connectivity index (χ2v) is 11.9. The van der Waals surface area contributed by atoms with E-state index in [-0.39, 0.29) is 31.0 Å². The first-order chi connectivity index (χ1) is 17.6. The van der Waals surface area contributed by atoms with Crippen molar-refractivity contribution >= 4 is 6.29 Å². The molecule has 0 aliphatic heterocycles. The van der Waals surface area contributed by atoms with E-state index in [1.165, 1.54) is 5.57 Å². The highest BCUT2D eigenvalue weighted by atomic mass is 16.3. The van der Waals surface area contributed by atoms with E-state index in [0.29, 0.717) is 44.1 Å². The minimum atomic E-state index is -1.03. The molecule has 0 saturated heterocycles. The van der Waals surface area contributed by atoms with Crippen LogP contribution in [0.2, 0.25) is 0 Å². The zero-order valence-corrected chi connectivity index (χ0v) is 23.1. The second kappa shape index (κ2) is 12.8. The zero-order valence-electron chi connectivity index (χ0n) is 23.1. The van der Waals surface area contributed by atoms with Crippen molar-refractivity contribution in [3.63, 3.8) is 0 Å². The zero-order chi connectivity index (χ0) is 27.2. The number of rotatable bonds is 11. The first kappa shape index (κ1) is 29.8. The average molecular weight is 513 g/mol. The van der Waals surface area contributed by atoms with E-state index in [0.717, 1.165) is 48.7 Å². The maximum Gasteiger partial charge on any atom is 0.145 e. The van der Waals surface area contributed by atoms with Gasteiger partial charge in [0.2, 0.25) is 0 Å². The van der Waals surface area contributed by atoms with Crippen molar-refractivity contribution in [1.82, 2.24) is 0 Å². The van der Waals surface area contributed by atoms with Crippen molar-refractivity contribution in [1.29, 1.82) is 0 Å². The predicted molar refractivity (Wildman–Crippen MR) is 149 cm³/mol. The molecule has 0 aromatic rings. The lowest BCUT2D eigenvalue weighted by Gasteiger charge is -2.57. The topological polar surface area (TPSA) is 98.0 Å². The van der Waals surface area contributed by atoms with Gasteiger partial charge in [-0.1, -0.05) is 54.0 Å². The standard InChI is InChI=1S/C32H48O5/c1-22(2)9-5-10-23(3)11-6-12-26(21-35)29-25-13-7-16-31(37)17-15-27(24(4)20-34)28(14-8-18-33)32(31,19-25)30(29)36/h6,9,11-12,20,25,28-30,33,35-37H,3,5,7-8,10,13-19,21H2,1-2,4H3/b11-6+,26-12-,27-24+/t25-,28-,29-,30-,31-,32-/m1/s1. The summed E-state index contributed by atoms with van der Waals surface area (Å²) in [5, 5.41) is 44.3. The number of aliphatic hydroxyl groups excluding tert-OH is 3. The van der Waals surface area contributed by atoms with Gasteiger partial charge in [-0.05, 0) is 102 Å². The molecule has 6 atom stereocenters. The Labute approximate surface area is 223 Å². The van der Waals surface area contributed by atoms with E-state index in [1.807, 2.05) is 25.2 Å². The van der Waals surface area contributed by atoms with Crippen LogP contribution in [-0.4, -0.2) is 51.6 Å². The van der Waals surface area contributed by atoms with Crippen molar-refractivity contribution < 1.29 is 25.2 Å². The quantitative estimate of drug-likeness (QED) is 0.129. The number of aliphatic hydroxyl groups is 4. The molecule has 3 aliphatic carbocycles. The van der Waals surface area contributed by atoms with Gasteiger partial charge in [0, 0.05) is 17.9 Å². The Balaban J connectivity index is 1.98. The molecule has 0 radical (unpaired) electrons. The highest BCUT2D eigenvalue weighted by molar-refractivity contribution is 5.74.